The van der Waals surface area contributed by atoms with Crippen molar-refractivity contribution in [3.63, 3.8) is 0 Å². The van der Waals surface area contributed by atoms with Crippen molar-refractivity contribution in [3.05, 3.63) is 0 Å². The second-order valence-electron chi connectivity index (χ2n) is 7.09. The molecular weight excluding hydrogens is 240 g/mol. The van der Waals surface area contributed by atoms with Crippen LogP contribution in [0.3, 0.4) is 0 Å². The minimum Gasteiger partial charge on any atom is -0.481 e. The fourth-order valence-corrected chi connectivity index (χ4v) is 5.02. The lowest BCUT2D eigenvalue weighted by atomic mass is 9.89. The van der Waals surface area contributed by atoms with Gasteiger partial charge in [0.05, 0.1) is 5.92 Å². The van der Waals surface area contributed by atoms with Gasteiger partial charge in [0.2, 0.25) is 0 Å². The molecule has 0 spiro atoms. The van der Waals surface area contributed by atoms with Crippen LogP contribution in [-0.2, 0) is 4.79 Å². The van der Waals surface area contributed by atoms with Crippen molar-refractivity contribution in [1.82, 2.24) is 9.80 Å². The van der Waals surface area contributed by atoms with E-state index in [9.17, 15) is 9.90 Å². The maximum atomic E-state index is 11.4. The highest BCUT2D eigenvalue weighted by atomic mass is 16.4. The lowest BCUT2D eigenvalue weighted by Gasteiger charge is -2.29. The summed E-state index contributed by atoms with van der Waals surface area (Å²) in [4.78, 5) is 16.6. The molecule has 0 aromatic heterocycles. The predicted octanol–water partition coefficient (Wildman–Crippen LogP) is 1.55. The third kappa shape index (κ3) is 1.83. The fourth-order valence-electron chi connectivity index (χ4n) is 5.02. The number of likely N-dealkylation sites (tertiary alicyclic amines) is 1. The first-order valence-electron chi connectivity index (χ1n) is 7.91. The summed E-state index contributed by atoms with van der Waals surface area (Å²) in [5, 5.41) is 9.36. The Morgan fingerprint density at radius 3 is 2.42 bits per heavy atom. The van der Waals surface area contributed by atoms with E-state index in [-0.39, 0.29) is 5.92 Å². The summed E-state index contributed by atoms with van der Waals surface area (Å²) < 4.78 is 0. The van der Waals surface area contributed by atoms with Crippen molar-refractivity contribution in [2.24, 2.45) is 5.92 Å². The van der Waals surface area contributed by atoms with Crippen molar-refractivity contribution in [3.8, 4) is 0 Å². The van der Waals surface area contributed by atoms with E-state index in [0.717, 1.165) is 18.9 Å². The smallest absolute Gasteiger partial charge is 0.308 e. The number of hydrogen-bond donors (Lipinski definition) is 1. The van der Waals surface area contributed by atoms with Gasteiger partial charge in [-0.3, -0.25) is 14.6 Å². The zero-order chi connectivity index (χ0) is 13.1. The van der Waals surface area contributed by atoms with E-state index in [1.54, 1.807) is 0 Å². The Hall–Kier alpha value is -0.610. The van der Waals surface area contributed by atoms with Crippen LogP contribution in [-0.4, -0.2) is 57.6 Å². The number of aliphatic carboxylic acids is 1. The molecule has 0 aromatic carbocycles. The number of fused-ring (bicyclic) bond motifs is 2. The van der Waals surface area contributed by atoms with E-state index in [1.165, 1.54) is 32.2 Å². The lowest BCUT2D eigenvalue weighted by Crippen LogP contribution is -2.42. The zero-order valence-electron chi connectivity index (χ0n) is 11.7. The quantitative estimate of drug-likeness (QED) is 0.840. The summed E-state index contributed by atoms with van der Waals surface area (Å²) in [5.74, 6) is -0.661. The Bertz CT molecular complexity index is 396. The molecule has 1 N–H and O–H groups in total. The Kier molecular flexibility index (Phi) is 2.68. The molecular formula is C15H24N2O2. The van der Waals surface area contributed by atoms with Crippen LogP contribution in [0.15, 0.2) is 0 Å². The van der Waals surface area contributed by atoms with Crippen LogP contribution in [0, 0.1) is 5.92 Å². The van der Waals surface area contributed by atoms with Crippen LogP contribution >= 0.6 is 0 Å². The lowest BCUT2D eigenvalue weighted by molar-refractivity contribution is -0.142. The minimum absolute atomic E-state index is 0.0935. The molecule has 19 heavy (non-hydrogen) atoms. The number of carboxylic acid groups (broad SMARTS) is 1. The first kappa shape index (κ1) is 12.2. The number of rotatable bonds is 3. The number of nitrogens with zero attached hydrogens (tertiary/aromatic N) is 2. The van der Waals surface area contributed by atoms with Crippen LogP contribution in [0.2, 0.25) is 0 Å². The van der Waals surface area contributed by atoms with E-state index < -0.39 is 5.97 Å². The van der Waals surface area contributed by atoms with Gasteiger partial charge in [-0.05, 0) is 45.4 Å². The van der Waals surface area contributed by atoms with Crippen LogP contribution in [0.1, 0.15) is 45.4 Å². The van der Waals surface area contributed by atoms with Gasteiger partial charge in [0.25, 0.3) is 0 Å². The normalized spacial score (nSPS) is 47.1. The van der Waals surface area contributed by atoms with Crippen LogP contribution in [0.25, 0.3) is 0 Å². The molecule has 1 saturated carbocycles. The SMILES string of the molecule is CC1CC(N2C3CCC2C(C(=O)O)C3)CN1C1CC1. The largest absolute Gasteiger partial charge is 0.481 e. The molecule has 106 valence electrons. The molecule has 3 aliphatic heterocycles. The second kappa shape index (κ2) is 4.19. The zero-order valence-corrected chi connectivity index (χ0v) is 11.7. The van der Waals surface area contributed by atoms with E-state index in [0.29, 0.717) is 24.2 Å². The number of hydrogen-bond acceptors (Lipinski definition) is 3. The van der Waals surface area contributed by atoms with Crippen molar-refractivity contribution in [2.75, 3.05) is 6.54 Å². The van der Waals surface area contributed by atoms with Crippen LogP contribution in [0.4, 0.5) is 0 Å². The van der Waals surface area contributed by atoms with Gasteiger partial charge >= 0.3 is 5.97 Å². The van der Waals surface area contributed by atoms with Gasteiger partial charge in [0.15, 0.2) is 0 Å². The molecule has 4 fully saturated rings. The minimum atomic E-state index is -0.567. The third-order valence-electron chi connectivity index (χ3n) is 5.95. The van der Waals surface area contributed by atoms with Gasteiger partial charge in [-0.2, -0.15) is 0 Å². The molecule has 0 aromatic rings. The van der Waals surface area contributed by atoms with Crippen LogP contribution in [0.5, 0.6) is 0 Å². The maximum Gasteiger partial charge on any atom is 0.308 e. The van der Waals surface area contributed by atoms with Crippen molar-refractivity contribution < 1.29 is 9.90 Å². The highest BCUT2D eigenvalue weighted by molar-refractivity contribution is 5.71. The summed E-state index contributed by atoms with van der Waals surface area (Å²) in [6.07, 6.45) is 7.23. The molecule has 2 bridgehead atoms. The summed E-state index contributed by atoms with van der Waals surface area (Å²) >= 11 is 0. The number of carboxylic acids is 1. The van der Waals surface area contributed by atoms with Crippen molar-refractivity contribution in [1.29, 1.82) is 0 Å². The summed E-state index contributed by atoms with van der Waals surface area (Å²) in [7, 11) is 0. The molecule has 0 amide bonds. The van der Waals surface area contributed by atoms with Gasteiger partial charge in [-0.1, -0.05) is 0 Å². The van der Waals surface area contributed by atoms with Crippen molar-refractivity contribution >= 4 is 5.97 Å². The topological polar surface area (TPSA) is 43.8 Å². The molecule has 5 unspecified atom stereocenters. The predicted molar refractivity (Wildman–Crippen MR) is 72.0 cm³/mol. The first-order valence-corrected chi connectivity index (χ1v) is 7.91. The van der Waals surface area contributed by atoms with E-state index in [2.05, 4.69) is 16.7 Å². The summed E-state index contributed by atoms with van der Waals surface area (Å²) in [6, 6.07) is 3.05. The molecule has 4 rings (SSSR count). The summed E-state index contributed by atoms with van der Waals surface area (Å²) in [6.45, 7) is 3.54. The van der Waals surface area contributed by atoms with E-state index in [1.807, 2.05) is 0 Å². The second-order valence-corrected chi connectivity index (χ2v) is 7.09. The Labute approximate surface area is 114 Å². The standard InChI is InChI=1S/C15H24N2O2/c1-9-6-12(8-16(9)10-2-3-10)17-11-4-5-14(17)13(7-11)15(18)19/h9-14H,2-8H2,1H3,(H,18,19). The summed E-state index contributed by atoms with van der Waals surface area (Å²) in [5.41, 5.74) is 0. The van der Waals surface area contributed by atoms with E-state index >= 15 is 0 Å². The average Bonchev–Trinajstić information content (AvgIpc) is 2.89. The molecule has 4 aliphatic rings. The van der Waals surface area contributed by atoms with Gasteiger partial charge in [-0.25, -0.2) is 0 Å². The van der Waals surface area contributed by atoms with Gasteiger partial charge in [0, 0.05) is 36.8 Å². The maximum absolute atomic E-state index is 11.4. The van der Waals surface area contributed by atoms with Crippen molar-refractivity contribution in [2.45, 2.75) is 75.7 Å². The molecule has 5 atom stereocenters. The molecule has 0 radical (unpaired) electrons. The molecule has 3 saturated heterocycles. The van der Waals surface area contributed by atoms with E-state index in [4.69, 9.17) is 0 Å². The fraction of sp³-hybridized carbons (Fsp3) is 0.933. The highest BCUT2D eigenvalue weighted by Gasteiger charge is 2.53. The average molecular weight is 264 g/mol. The number of carbonyl (C=O) groups is 1. The molecule has 4 heteroatoms. The molecule has 4 nitrogen and oxygen atoms in total. The van der Waals surface area contributed by atoms with Gasteiger partial charge in [0.1, 0.15) is 0 Å². The third-order valence-corrected chi connectivity index (χ3v) is 5.95. The molecule has 1 aliphatic carbocycles. The first-order chi connectivity index (χ1) is 9.15. The highest BCUT2D eigenvalue weighted by Crippen LogP contribution is 2.46. The monoisotopic (exact) mass is 264 g/mol. The molecule has 3 heterocycles. The van der Waals surface area contributed by atoms with Gasteiger partial charge < -0.3 is 5.11 Å². The Morgan fingerprint density at radius 2 is 1.79 bits per heavy atom. The Balaban J connectivity index is 1.50. The van der Waals surface area contributed by atoms with Gasteiger partial charge in [-0.15, -0.1) is 0 Å². The van der Waals surface area contributed by atoms with Crippen LogP contribution < -0.4 is 0 Å². The Morgan fingerprint density at radius 1 is 1.05 bits per heavy atom.